The molecule has 2 saturated heterocycles. The van der Waals surface area contributed by atoms with E-state index in [4.69, 9.17) is 4.74 Å². The van der Waals surface area contributed by atoms with E-state index < -0.39 is 5.82 Å². The van der Waals surface area contributed by atoms with Crippen LogP contribution in [0.25, 0.3) is 0 Å². The summed E-state index contributed by atoms with van der Waals surface area (Å²) in [7, 11) is 0. The van der Waals surface area contributed by atoms with Gasteiger partial charge in [0, 0.05) is 32.2 Å². The lowest BCUT2D eigenvalue weighted by molar-refractivity contribution is -0.131. The van der Waals surface area contributed by atoms with Crippen molar-refractivity contribution in [3.63, 3.8) is 0 Å². The Morgan fingerprint density at radius 1 is 1.27 bits per heavy atom. The lowest BCUT2D eigenvalue weighted by atomic mass is 9.97. The molecule has 2 atom stereocenters. The van der Waals surface area contributed by atoms with Gasteiger partial charge in [0.05, 0.1) is 18.4 Å². The highest BCUT2D eigenvalue weighted by molar-refractivity contribution is 5.81. The predicted octanol–water partition coefficient (Wildman–Crippen LogP) is 1.33. The zero-order valence-electron chi connectivity index (χ0n) is 16.9. The van der Waals surface area contributed by atoms with Crippen LogP contribution in [0.2, 0.25) is 0 Å². The van der Waals surface area contributed by atoms with Crippen LogP contribution in [0.3, 0.4) is 0 Å². The van der Waals surface area contributed by atoms with Gasteiger partial charge in [0.15, 0.2) is 5.82 Å². The summed E-state index contributed by atoms with van der Waals surface area (Å²) in [5, 5.41) is 10.2. The highest BCUT2D eigenvalue weighted by Gasteiger charge is 2.40. The van der Waals surface area contributed by atoms with Crippen LogP contribution in [0, 0.1) is 18.7 Å². The Morgan fingerprint density at radius 3 is 2.73 bits per heavy atom. The van der Waals surface area contributed by atoms with E-state index in [-0.39, 0.29) is 36.1 Å². The lowest BCUT2D eigenvalue weighted by Crippen LogP contribution is -2.44. The molecule has 0 bridgehead atoms. The third-order valence-electron chi connectivity index (χ3n) is 5.84. The molecule has 1 aromatic heterocycles. The molecular formula is C21H26FN5O3. The topological polar surface area (TPSA) is 100 Å². The lowest BCUT2D eigenvalue weighted by Gasteiger charge is -2.24. The summed E-state index contributed by atoms with van der Waals surface area (Å²) in [6.45, 7) is 3.70. The predicted molar refractivity (Wildman–Crippen MR) is 106 cm³/mol. The number of rotatable bonds is 5. The van der Waals surface area contributed by atoms with Gasteiger partial charge in [-0.1, -0.05) is 18.2 Å². The van der Waals surface area contributed by atoms with E-state index >= 15 is 0 Å². The Balaban J connectivity index is 1.48. The number of nitrogens with one attached hydrogen (secondary N) is 2. The van der Waals surface area contributed by atoms with Crippen LogP contribution < -0.4 is 5.32 Å². The van der Waals surface area contributed by atoms with Gasteiger partial charge in [-0.2, -0.15) is 5.10 Å². The summed E-state index contributed by atoms with van der Waals surface area (Å²) in [4.78, 5) is 31.7. The monoisotopic (exact) mass is 415 g/mol. The Hall–Kier alpha value is -2.81. The fourth-order valence-electron chi connectivity index (χ4n) is 4.12. The number of nitrogens with zero attached hydrogens (tertiary/aromatic N) is 3. The Kier molecular flexibility index (Phi) is 6.08. The number of halogens is 1. The van der Waals surface area contributed by atoms with Crippen LogP contribution >= 0.6 is 0 Å². The van der Waals surface area contributed by atoms with Crippen LogP contribution in [0.1, 0.15) is 36.0 Å². The first-order chi connectivity index (χ1) is 14.5. The first-order valence-electron chi connectivity index (χ1n) is 10.3. The van der Waals surface area contributed by atoms with Crippen molar-refractivity contribution in [2.45, 2.75) is 38.1 Å². The smallest absolute Gasteiger partial charge is 0.227 e. The number of H-pyrrole nitrogens is 1. The van der Waals surface area contributed by atoms with Crippen LogP contribution in [-0.2, 0) is 20.7 Å². The highest BCUT2D eigenvalue weighted by atomic mass is 19.1. The molecule has 160 valence electrons. The third kappa shape index (κ3) is 4.51. The van der Waals surface area contributed by atoms with E-state index in [1.807, 2.05) is 6.92 Å². The summed E-state index contributed by atoms with van der Waals surface area (Å²) >= 11 is 0. The van der Waals surface area contributed by atoms with Gasteiger partial charge in [0.2, 0.25) is 11.8 Å². The molecule has 0 spiro atoms. The summed E-state index contributed by atoms with van der Waals surface area (Å²) < 4.78 is 19.3. The van der Waals surface area contributed by atoms with Crippen LogP contribution in [-0.4, -0.2) is 64.2 Å². The second kappa shape index (κ2) is 8.91. The maximum Gasteiger partial charge on any atom is 0.227 e. The maximum absolute atomic E-state index is 14.0. The van der Waals surface area contributed by atoms with E-state index in [0.29, 0.717) is 56.4 Å². The number of aromatic nitrogens is 3. The molecule has 4 rings (SSSR count). The zero-order valence-corrected chi connectivity index (χ0v) is 16.9. The van der Waals surface area contributed by atoms with Crippen molar-refractivity contribution in [3.05, 3.63) is 47.3 Å². The Bertz CT molecular complexity index is 912. The molecule has 2 aliphatic rings. The molecule has 1 aromatic carbocycles. The number of benzene rings is 1. The van der Waals surface area contributed by atoms with Crippen molar-refractivity contribution in [1.29, 1.82) is 0 Å². The molecule has 0 aliphatic carbocycles. The molecule has 2 aromatic rings. The van der Waals surface area contributed by atoms with Crippen LogP contribution in [0.15, 0.2) is 24.3 Å². The molecule has 2 amide bonds. The minimum atomic E-state index is -0.393. The number of carbonyl (C=O) groups excluding carboxylic acids is 2. The van der Waals surface area contributed by atoms with Crippen LogP contribution in [0.4, 0.5) is 4.39 Å². The fraction of sp³-hybridized carbons (Fsp3) is 0.524. The van der Waals surface area contributed by atoms with Gasteiger partial charge in [-0.3, -0.25) is 14.7 Å². The molecule has 3 heterocycles. The van der Waals surface area contributed by atoms with Crippen molar-refractivity contribution in [1.82, 2.24) is 25.4 Å². The van der Waals surface area contributed by atoms with Crippen molar-refractivity contribution >= 4 is 11.8 Å². The number of carbonyl (C=O) groups is 2. The summed E-state index contributed by atoms with van der Waals surface area (Å²) in [6, 6.07) is 5.99. The molecule has 30 heavy (non-hydrogen) atoms. The van der Waals surface area contributed by atoms with Gasteiger partial charge >= 0.3 is 0 Å². The standard InChI is InChI=1S/C21H26FN5O3/c1-13-23-20(26-25-13)16-11-27(19(28)10-15-4-2-3-5-17(15)22)12-18(16)24-21(29)14-6-8-30-9-7-14/h2-5,14,16,18H,6-12H2,1H3,(H,24,29)(H,23,25,26)/t16-,18-/m1/s1. The molecule has 2 aliphatic heterocycles. The minimum Gasteiger partial charge on any atom is -0.381 e. The maximum atomic E-state index is 14.0. The quantitative estimate of drug-likeness (QED) is 0.768. The Labute approximate surface area is 174 Å². The van der Waals surface area contributed by atoms with E-state index in [2.05, 4.69) is 20.5 Å². The van der Waals surface area contributed by atoms with Gasteiger partial charge in [-0.25, -0.2) is 9.37 Å². The van der Waals surface area contributed by atoms with Gasteiger partial charge < -0.3 is 15.0 Å². The van der Waals surface area contributed by atoms with Gasteiger partial charge in [0.1, 0.15) is 11.6 Å². The number of aromatic amines is 1. The van der Waals surface area contributed by atoms with Gasteiger partial charge in [-0.05, 0) is 31.4 Å². The van der Waals surface area contributed by atoms with E-state index in [1.54, 1.807) is 23.1 Å². The molecule has 0 saturated carbocycles. The molecule has 8 nitrogen and oxygen atoms in total. The van der Waals surface area contributed by atoms with Crippen molar-refractivity contribution in [3.8, 4) is 0 Å². The van der Waals surface area contributed by atoms with Crippen molar-refractivity contribution < 1.29 is 18.7 Å². The van der Waals surface area contributed by atoms with Crippen molar-refractivity contribution in [2.24, 2.45) is 5.92 Å². The molecule has 2 N–H and O–H groups in total. The number of aryl methyl sites for hydroxylation is 1. The zero-order chi connectivity index (χ0) is 21.1. The average Bonchev–Trinajstić information content (AvgIpc) is 3.36. The number of hydrogen-bond donors (Lipinski definition) is 2. The normalized spacial score (nSPS) is 22.3. The SMILES string of the molecule is Cc1nc([C@@H]2CN(C(=O)Cc3ccccc3F)C[C@H]2NC(=O)C2CCOCC2)n[nH]1. The molecule has 0 radical (unpaired) electrons. The molecule has 2 fully saturated rings. The first kappa shape index (κ1) is 20.5. The van der Waals surface area contributed by atoms with E-state index in [9.17, 15) is 14.0 Å². The van der Waals surface area contributed by atoms with Crippen LogP contribution in [0.5, 0.6) is 0 Å². The fourth-order valence-corrected chi connectivity index (χ4v) is 4.12. The average molecular weight is 415 g/mol. The second-order valence-corrected chi connectivity index (χ2v) is 7.95. The largest absolute Gasteiger partial charge is 0.381 e. The summed E-state index contributed by atoms with van der Waals surface area (Å²) in [5.74, 6) is 0.348. The minimum absolute atomic E-state index is 0.0208. The van der Waals surface area contributed by atoms with Crippen molar-refractivity contribution in [2.75, 3.05) is 26.3 Å². The number of amides is 2. The van der Waals surface area contributed by atoms with Gasteiger partial charge in [0.25, 0.3) is 0 Å². The van der Waals surface area contributed by atoms with E-state index in [1.165, 1.54) is 6.07 Å². The first-order valence-corrected chi connectivity index (χ1v) is 10.3. The van der Waals surface area contributed by atoms with E-state index in [0.717, 1.165) is 0 Å². The molecular weight excluding hydrogens is 389 g/mol. The highest BCUT2D eigenvalue weighted by Crippen LogP contribution is 2.27. The number of ether oxygens (including phenoxy) is 1. The second-order valence-electron chi connectivity index (χ2n) is 7.95. The Morgan fingerprint density at radius 2 is 2.03 bits per heavy atom. The van der Waals surface area contributed by atoms with Gasteiger partial charge in [-0.15, -0.1) is 0 Å². The summed E-state index contributed by atoms with van der Waals surface area (Å²) in [6.07, 6.45) is 1.37. The number of likely N-dealkylation sites (tertiary alicyclic amines) is 1. The number of hydrogen-bond acceptors (Lipinski definition) is 5. The summed E-state index contributed by atoms with van der Waals surface area (Å²) in [5.41, 5.74) is 0.363. The molecule has 0 unspecified atom stereocenters. The third-order valence-corrected chi connectivity index (χ3v) is 5.84. The molecule has 9 heteroatoms.